The number of rotatable bonds is 4. The number of anilines is 1. The molecule has 1 aliphatic heterocycles. The summed E-state index contributed by atoms with van der Waals surface area (Å²) in [5.41, 5.74) is 7.96. The van der Waals surface area contributed by atoms with E-state index < -0.39 is 0 Å². The number of nitrogens with two attached hydrogens (primary N) is 1. The molecule has 0 amide bonds. The Morgan fingerprint density at radius 3 is 2.63 bits per heavy atom. The molecule has 4 heteroatoms. The lowest BCUT2D eigenvalue weighted by Gasteiger charge is -2.32. The number of piperidine rings is 1. The van der Waals surface area contributed by atoms with Crippen LogP contribution in [0.1, 0.15) is 31.5 Å². The summed E-state index contributed by atoms with van der Waals surface area (Å²) in [5.74, 6) is 0.800. The lowest BCUT2D eigenvalue weighted by molar-refractivity contribution is 0.222. The molecule has 106 valence electrons. The third-order valence-electron chi connectivity index (χ3n) is 4.05. The largest absolute Gasteiger partial charge is 0.373 e. The molecule has 2 rings (SSSR count). The summed E-state index contributed by atoms with van der Waals surface area (Å²) in [6.07, 6.45) is 4.53. The van der Waals surface area contributed by atoms with Crippen LogP contribution in [0.3, 0.4) is 0 Å². The highest BCUT2D eigenvalue weighted by atomic mass is 15.1. The van der Waals surface area contributed by atoms with Crippen molar-refractivity contribution < 1.29 is 0 Å². The predicted octanol–water partition coefficient (Wildman–Crippen LogP) is 1.88. The van der Waals surface area contributed by atoms with Crippen LogP contribution in [0, 0.1) is 5.92 Å². The SMILES string of the molecule is C[C@@H](N)c1ccc(N(C)CC2CCN(C)CC2)cn1. The normalized spacial score (nSPS) is 19.4. The number of hydrogen-bond donors (Lipinski definition) is 1. The van der Waals surface area contributed by atoms with E-state index in [4.69, 9.17) is 5.73 Å². The lowest BCUT2D eigenvalue weighted by Crippen LogP contribution is -2.35. The molecule has 1 fully saturated rings. The third-order valence-corrected chi connectivity index (χ3v) is 4.05. The Balaban J connectivity index is 1.90. The van der Waals surface area contributed by atoms with Crippen molar-refractivity contribution in [1.82, 2.24) is 9.88 Å². The fraction of sp³-hybridized carbons (Fsp3) is 0.667. The van der Waals surface area contributed by atoms with Crippen LogP contribution in [-0.2, 0) is 0 Å². The average Bonchev–Trinajstić information content (AvgIpc) is 2.41. The maximum atomic E-state index is 5.82. The van der Waals surface area contributed by atoms with Crippen molar-refractivity contribution in [1.29, 1.82) is 0 Å². The van der Waals surface area contributed by atoms with Gasteiger partial charge in [0.15, 0.2) is 0 Å². The van der Waals surface area contributed by atoms with Crippen molar-refractivity contribution in [3.63, 3.8) is 0 Å². The Bertz CT molecular complexity index is 380. The van der Waals surface area contributed by atoms with Crippen molar-refractivity contribution in [2.75, 3.05) is 38.6 Å². The van der Waals surface area contributed by atoms with E-state index in [0.29, 0.717) is 0 Å². The van der Waals surface area contributed by atoms with Crippen LogP contribution in [0.4, 0.5) is 5.69 Å². The van der Waals surface area contributed by atoms with E-state index in [2.05, 4.69) is 34.9 Å². The van der Waals surface area contributed by atoms with Gasteiger partial charge >= 0.3 is 0 Å². The molecule has 1 aromatic heterocycles. The summed E-state index contributed by atoms with van der Waals surface area (Å²) < 4.78 is 0. The number of pyridine rings is 1. The van der Waals surface area contributed by atoms with Gasteiger partial charge in [0.25, 0.3) is 0 Å². The first-order valence-electron chi connectivity index (χ1n) is 7.17. The quantitative estimate of drug-likeness (QED) is 0.900. The molecule has 4 nitrogen and oxygen atoms in total. The minimum absolute atomic E-state index is 0.00763. The first-order valence-corrected chi connectivity index (χ1v) is 7.17. The van der Waals surface area contributed by atoms with Gasteiger partial charge in [-0.15, -0.1) is 0 Å². The molecule has 0 radical (unpaired) electrons. The molecule has 1 aliphatic rings. The molecule has 0 saturated carbocycles. The Morgan fingerprint density at radius 2 is 2.11 bits per heavy atom. The van der Waals surface area contributed by atoms with E-state index in [0.717, 1.165) is 18.2 Å². The molecular formula is C15H26N4. The summed E-state index contributed by atoms with van der Waals surface area (Å²) in [7, 11) is 4.36. The first-order chi connectivity index (χ1) is 9.06. The van der Waals surface area contributed by atoms with Crippen LogP contribution < -0.4 is 10.6 Å². The van der Waals surface area contributed by atoms with E-state index in [1.807, 2.05) is 19.2 Å². The molecule has 0 spiro atoms. The van der Waals surface area contributed by atoms with E-state index in [1.54, 1.807) is 0 Å². The minimum Gasteiger partial charge on any atom is -0.373 e. The number of likely N-dealkylation sites (tertiary alicyclic amines) is 1. The maximum Gasteiger partial charge on any atom is 0.0569 e. The van der Waals surface area contributed by atoms with Gasteiger partial charge in [0.1, 0.15) is 0 Å². The maximum absolute atomic E-state index is 5.82. The van der Waals surface area contributed by atoms with Crippen molar-refractivity contribution in [2.45, 2.75) is 25.8 Å². The van der Waals surface area contributed by atoms with Crippen molar-refractivity contribution in [3.8, 4) is 0 Å². The van der Waals surface area contributed by atoms with Gasteiger partial charge in [-0.25, -0.2) is 0 Å². The van der Waals surface area contributed by atoms with Crippen LogP contribution in [0.25, 0.3) is 0 Å². The van der Waals surface area contributed by atoms with Crippen molar-refractivity contribution in [3.05, 3.63) is 24.0 Å². The zero-order chi connectivity index (χ0) is 13.8. The van der Waals surface area contributed by atoms with E-state index in [-0.39, 0.29) is 6.04 Å². The molecular weight excluding hydrogens is 236 g/mol. The summed E-state index contributed by atoms with van der Waals surface area (Å²) in [5, 5.41) is 0. The zero-order valence-electron chi connectivity index (χ0n) is 12.3. The van der Waals surface area contributed by atoms with Gasteiger partial charge in [-0.2, -0.15) is 0 Å². The summed E-state index contributed by atoms with van der Waals surface area (Å²) in [4.78, 5) is 9.16. The first kappa shape index (κ1) is 14.3. The smallest absolute Gasteiger partial charge is 0.0569 e. The Morgan fingerprint density at radius 1 is 1.42 bits per heavy atom. The molecule has 0 aromatic carbocycles. The zero-order valence-corrected chi connectivity index (χ0v) is 12.3. The van der Waals surface area contributed by atoms with Crippen molar-refractivity contribution >= 4 is 5.69 Å². The molecule has 1 aromatic rings. The van der Waals surface area contributed by atoms with Gasteiger partial charge in [-0.05, 0) is 58.0 Å². The summed E-state index contributed by atoms with van der Waals surface area (Å²) in [6.45, 7) is 5.53. The Hall–Kier alpha value is -1.13. The summed E-state index contributed by atoms with van der Waals surface area (Å²) in [6, 6.07) is 4.17. The molecule has 0 unspecified atom stereocenters. The monoisotopic (exact) mass is 262 g/mol. The van der Waals surface area contributed by atoms with E-state index in [9.17, 15) is 0 Å². The summed E-state index contributed by atoms with van der Waals surface area (Å²) >= 11 is 0. The average molecular weight is 262 g/mol. The molecule has 1 saturated heterocycles. The third kappa shape index (κ3) is 3.91. The molecule has 2 heterocycles. The molecule has 19 heavy (non-hydrogen) atoms. The molecule has 0 bridgehead atoms. The number of aromatic nitrogens is 1. The highest BCUT2D eigenvalue weighted by molar-refractivity contribution is 5.43. The van der Waals surface area contributed by atoms with Gasteiger partial charge in [-0.3, -0.25) is 4.98 Å². The predicted molar refractivity (Wildman–Crippen MR) is 80.3 cm³/mol. The standard InChI is InChI=1S/C15H26N4/c1-12(16)15-5-4-14(10-17-15)19(3)11-13-6-8-18(2)9-7-13/h4-5,10,12-13H,6-9,11,16H2,1-3H3/t12-/m1/s1. The fourth-order valence-electron chi connectivity index (χ4n) is 2.63. The van der Waals surface area contributed by atoms with Gasteiger partial charge < -0.3 is 15.5 Å². The second-order valence-electron chi connectivity index (χ2n) is 5.86. The second kappa shape index (κ2) is 6.35. The molecule has 1 atom stereocenters. The van der Waals surface area contributed by atoms with E-state index >= 15 is 0 Å². The van der Waals surface area contributed by atoms with Gasteiger partial charge in [0.2, 0.25) is 0 Å². The number of hydrogen-bond acceptors (Lipinski definition) is 4. The fourth-order valence-corrected chi connectivity index (χ4v) is 2.63. The minimum atomic E-state index is 0.00763. The topological polar surface area (TPSA) is 45.4 Å². The number of nitrogens with zero attached hydrogens (tertiary/aromatic N) is 3. The van der Waals surface area contributed by atoms with Gasteiger partial charge in [0, 0.05) is 19.6 Å². The Kier molecular flexibility index (Phi) is 4.77. The molecule has 0 aliphatic carbocycles. The van der Waals surface area contributed by atoms with Crippen LogP contribution >= 0.6 is 0 Å². The van der Waals surface area contributed by atoms with Crippen LogP contribution in [0.5, 0.6) is 0 Å². The highest BCUT2D eigenvalue weighted by Crippen LogP contribution is 2.20. The highest BCUT2D eigenvalue weighted by Gasteiger charge is 2.18. The van der Waals surface area contributed by atoms with Crippen LogP contribution in [0.15, 0.2) is 18.3 Å². The van der Waals surface area contributed by atoms with Gasteiger partial charge in [-0.1, -0.05) is 0 Å². The second-order valence-corrected chi connectivity index (χ2v) is 5.86. The van der Waals surface area contributed by atoms with Crippen LogP contribution in [0.2, 0.25) is 0 Å². The lowest BCUT2D eigenvalue weighted by atomic mass is 9.96. The van der Waals surface area contributed by atoms with E-state index in [1.165, 1.54) is 31.6 Å². The Labute approximate surface area is 116 Å². The van der Waals surface area contributed by atoms with Gasteiger partial charge in [0.05, 0.1) is 17.6 Å². The van der Waals surface area contributed by atoms with Crippen LogP contribution in [-0.4, -0.2) is 43.6 Å². The van der Waals surface area contributed by atoms with Crippen molar-refractivity contribution in [2.24, 2.45) is 11.7 Å². The molecule has 2 N–H and O–H groups in total.